The second-order valence-electron chi connectivity index (χ2n) is 5.78. The van der Waals surface area contributed by atoms with E-state index in [4.69, 9.17) is 4.52 Å². The molecule has 2 aromatic rings. The van der Waals surface area contributed by atoms with Crippen molar-refractivity contribution >= 4 is 27.7 Å². The number of nitrogens with zero attached hydrogens (tertiary/aromatic N) is 2. The van der Waals surface area contributed by atoms with Crippen molar-refractivity contribution in [3.63, 3.8) is 0 Å². The lowest BCUT2D eigenvalue weighted by Crippen LogP contribution is -2.15. The van der Waals surface area contributed by atoms with Crippen LogP contribution in [0, 0.1) is 0 Å². The number of aromatic nitrogens is 2. The summed E-state index contributed by atoms with van der Waals surface area (Å²) >= 11 is 3.33. The highest BCUT2D eigenvalue weighted by Crippen LogP contribution is 2.25. The fourth-order valence-corrected chi connectivity index (χ4v) is 2.15. The number of aryl methyl sites for hydroxylation is 1. The normalized spacial score (nSPS) is 11.5. The largest absolute Gasteiger partial charge is 0.359 e. The minimum absolute atomic E-state index is 0.151. The minimum atomic E-state index is -0.241. The van der Waals surface area contributed by atoms with Crippen molar-refractivity contribution in [1.82, 2.24) is 10.1 Å². The average molecular weight is 352 g/mol. The molecular formula is C15H18BrN3O2. The molecule has 0 bridgehead atoms. The van der Waals surface area contributed by atoms with Gasteiger partial charge in [0.25, 0.3) is 5.91 Å². The Bertz CT molecular complexity index is 659. The van der Waals surface area contributed by atoms with E-state index in [1.54, 1.807) is 18.3 Å². The van der Waals surface area contributed by atoms with Gasteiger partial charge in [-0.3, -0.25) is 9.78 Å². The van der Waals surface area contributed by atoms with Crippen LogP contribution < -0.4 is 5.32 Å². The van der Waals surface area contributed by atoms with Gasteiger partial charge < -0.3 is 9.84 Å². The zero-order chi connectivity index (χ0) is 15.6. The Balaban J connectivity index is 2.22. The monoisotopic (exact) mass is 351 g/mol. The number of hydrogen-bond donors (Lipinski definition) is 1. The molecule has 1 N–H and O–H groups in total. The fraction of sp³-hybridized carbons (Fsp3) is 0.400. The summed E-state index contributed by atoms with van der Waals surface area (Å²) in [5.41, 5.74) is 1.13. The third-order valence-electron chi connectivity index (χ3n) is 3.01. The summed E-state index contributed by atoms with van der Waals surface area (Å²) in [5, 5.41) is 6.63. The minimum Gasteiger partial charge on any atom is -0.359 e. The third kappa shape index (κ3) is 3.69. The molecule has 1 amide bonds. The number of carbonyl (C=O) groups is 1. The van der Waals surface area contributed by atoms with E-state index in [0.717, 1.165) is 15.9 Å². The van der Waals surface area contributed by atoms with E-state index in [-0.39, 0.29) is 11.3 Å². The topological polar surface area (TPSA) is 68.0 Å². The number of amides is 1. The van der Waals surface area contributed by atoms with Gasteiger partial charge >= 0.3 is 0 Å². The van der Waals surface area contributed by atoms with Gasteiger partial charge in [-0.2, -0.15) is 0 Å². The molecule has 2 aromatic heterocycles. The molecule has 0 radical (unpaired) electrons. The quantitative estimate of drug-likeness (QED) is 0.908. The molecule has 0 fully saturated rings. The van der Waals surface area contributed by atoms with Crippen molar-refractivity contribution in [3.8, 4) is 0 Å². The van der Waals surface area contributed by atoms with E-state index in [9.17, 15) is 4.79 Å². The van der Waals surface area contributed by atoms with Crippen molar-refractivity contribution in [3.05, 3.63) is 39.8 Å². The van der Waals surface area contributed by atoms with E-state index >= 15 is 0 Å². The lowest BCUT2D eigenvalue weighted by atomic mass is 9.93. The third-order valence-corrected chi connectivity index (χ3v) is 3.44. The zero-order valence-electron chi connectivity index (χ0n) is 12.5. The molecule has 0 unspecified atom stereocenters. The Morgan fingerprint density at radius 2 is 2.10 bits per heavy atom. The van der Waals surface area contributed by atoms with Crippen LogP contribution >= 0.6 is 15.9 Å². The lowest BCUT2D eigenvalue weighted by molar-refractivity contribution is 0.102. The predicted molar refractivity (Wildman–Crippen MR) is 84.5 cm³/mol. The summed E-state index contributed by atoms with van der Waals surface area (Å²) in [7, 11) is 0. The summed E-state index contributed by atoms with van der Waals surface area (Å²) in [6.07, 6.45) is 2.37. The van der Waals surface area contributed by atoms with Gasteiger partial charge in [0, 0.05) is 22.2 Å². The van der Waals surface area contributed by atoms with Crippen LogP contribution in [0.3, 0.4) is 0 Å². The number of pyridine rings is 1. The highest BCUT2D eigenvalue weighted by molar-refractivity contribution is 9.10. The maximum atomic E-state index is 12.4. The summed E-state index contributed by atoms with van der Waals surface area (Å²) in [6, 6.07) is 3.50. The number of halogens is 1. The molecular weight excluding hydrogens is 334 g/mol. The van der Waals surface area contributed by atoms with Gasteiger partial charge in [0.1, 0.15) is 5.76 Å². The maximum Gasteiger partial charge on any atom is 0.258 e. The van der Waals surface area contributed by atoms with Crippen LogP contribution in [0.5, 0.6) is 0 Å². The van der Waals surface area contributed by atoms with Crippen LogP contribution in [0.1, 0.15) is 49.5 Å². The van der Waals surface area contributed by atoms with Gasteiger partial charge in [-0.15, -0.1) is 0 Å². The van der Waals surface area contributed by atoms with Gasteiger partial charge in [-0.1, -0.05) is 32.9 Å². The van der Waals surface area contributed by atoms with E-state index in [1.165, 1.54) is 0 Å². The lowest BCUT2D eigenvalue weighted by Gasteiger charge is -2.12. The highest BCUT2D eigenvalue weighted by Gasteiger charge is 2.21. The number of anilines is 1. The zero-order valence-corrected chi connectivity index (χ0v) is 14.1. The van der Waals surface area contributed by atoms with E-state index < -0.39 is 0 Å². The number of hydrogen-bond acceptors (Lipinski definition) is 4. The summed E-state index contributed by atoms with van der Waals surface area (Å²) < 4.78 is 6.02. The van der Waals surface area contributed by atoms with E-state index in [1.807, 2.05) is 27.7 Å². The fourth-order valence-electron chi connectivity index (χ4n) is 1.82. The Hall–Kier alpha value is -1.69. The second kappa shape index (κ2) is 5.97. The smallest absolute Gasteiger partial charge is 0.258 e. The van der Waals surface area contributed by atoms with Crippen LogP contribution in [-0.4, -0.2) is 16.0 Å². The summed E-state index contributed by atoms with van der Waals surface area (Å²) in [5.74, 6) is 0.891. The molecule has 0 spiro atoms. The van der Waals surface area contributed by atoms with Crippen LogP contribution in [0.25, 0.3) is 0 Å². The molecule has 112 valence electrons. The molecule has 0 saturated carbocycles. The summed E-state index contributed by atoms with van der Waals surface area (Å²) in [4.78, 5) is 16.6. The van der Waals surface area contributed by atoms with Gasteiger partial charge in [0.05, 0.1) is 11.3 Å². The Morgan fingerprint density at radius 3 is 2.67 bits per heavy atom. The van der Waals surface area contributed by atoms with Crippen molar-refractivity contribution in [2.75, 3.05) is 5.32 Å². The van der Waals surface area contributed by atoms with Crippen molar-refractivity contribution in [1.29, 1.82) is 0 Å². The van der Waals surface area contributed by atoms with E-state index in [2.05, 4.69) is 31.4 Å². The van der Waals surface area contributed by atoms with Crippen molar-refractivity contribution in [2.45, 2.75) is 39.5 Å². The molecule has 21 heavy (non-hydrogen) atoms. The summed E-state index contributed by atoms with van der Waals surface area (Å²) in [6.45, 7) is 8.02. The first-order valence-corrected chi connectivity index (χ1v) is 7.53. The van der Waals surface area contributed by atoms with Crippen molar-refractivity contribution in [2.24, 2.45) is 0 Å². The second-order valence-corrected chi connectivity index (χ2v) is 6.70. The van der Waals surface area contributed by atoms with Gasteiger partial charge in [0.15, 0.2) is 5.82 Å². The first-order valence-electron chi connectivity index (χ1n) is 6.74. The van der Waals surface area contributed by atoms with Crippen LogP contribution in [0.2, 0.25) is 0 Å². The maximum absolute atomic E-state index is 12.4. The predicted octanol–water partition coefficient (Wildman–Crippen LogP) is 3.94. The van der Waals surface area contributed by atoms with Gasteiger partial charge in [-0.25, -0.2) is 0 Å². The molecule has 0 saturated heterocycles. The van der Waals surface area contributed by atoms with Crippen LogP contribution in [0.4, 0.5) is 5.82 Å². The molecule has 0 aromatic carbocycles. The SMILES string of the molecule is CCc1ncc(Br)cc1C(=O)Nc1cc(C(C)(C)C)on1. The molecule has 0 atom stereocenters. The van der Waals surface area contributed by atoms with Crippen LogP contribution in [-0.2, 0) is 11.8 Å². The highest BCUT2D eigenvalue weighted by atomic mass is 79.9. The molecule has 2 heterocycles. The standard InChI is InChI=1S/C15H18BrN3O2/c1-5-11-10(6-9(16)8-17-11)14(20)18-13-7-12(21-19-13)15(2,3)4/h6-8H,5H2,1-4H3,(H,18,19,20). The van der Waals surface area contributed by atoms with Gasteiger partial charge in [-0.05, 0) is 28.4 Å². The Kier molecular flexibility index (Phi) is 4.46. The molecule has 0 aliphatic carbocycles. The molecule has 0 aliphatic heterocycles. The number of rotatable bonds is 3. The molecule has 6 heteroatoms. The average Bonchev–Trinajstić information content (AvgIpc) is 2.87. The Morgan fingerprint density at radius 1 is 1.38 bits per heavy atom. The first-order chi connectivity index (χ1) is 9.81. The van der Waals surface area contributed by atoms with Crippen molar-refractivity contribution < 1.29 is 9.32 Å². The van der Waals surface area contributed by atoms with Gasteiger partial charge in [0.2, 0.25) is 0 Å². The number of carbonyl (C=O) groups excluding carboxylic acids is 1. The Labute approximate surface area is 132 Å². The van der Waals surface area contributed by atoms with Crippen LogP contribution in [0.15, 0.2) is 27.3 Å². The number of nitrogens with one attached hydrogen (secondary N) is 1. The van der Waals surface area contributed by atoms with E-state index in [0.29, 0.717) is 17.8 Å². The molecule has 5 nitrogen and oxygen atoms in total. The molecule has 2 rings (SSSR count). The first kappa shape index (κ1) is 15.7. The molecule has 0 aliphatic rings.